The number of carbonyl (C=O) groups excluding carboxylic acids is 2. The number of amides is 2. The molecule has 3 rings (SSSR count). The lowest BCUT2D eigenvalue weighted by Gasteiger charge is -2.32. The molecule has 0 aliphatic carbocycles. The summed E-state index contributed by atoms with van der Waals surface area (Å²) in [5.41, 5.74) is 6.87. The van der Waals surface area contributed by atoms with E-state index in [4.69, 9.17) is 33.7 Å². The minimum Gasteiger partial charge on any atom is -0.479 e. The highest BCUT2D eigenvalue weighted by atomic mass is 35.5. The first-order valence-electron chi connectivity index (χ1n) is 7.48. The van der Waals surface area contributed by atoms with Gasteiger partial charge in [-0.05, 0) is 31.2 Å². The molecule has 0 spiro atoms. The number of anilines is 3. The second-order valence-corrected chi connectivity index (χ2v) is 6.37. The van der Waals surface area contributed by atoms with E-state index in [1.165, 1.54) is 17.0 Å². The average molecular weight is 380 g/mol. The van der Waals surface area contributed by atoms with E-state index in [-0.39, 0.29) is 28.2 Å². The fourth-order valence-electron chi connectivity index (χ4n) is 2.52. The predicted octanol–water partition coefficient (Wildman–Crippen LogP) is 3.33. The van der Waals surface area contributed by atoms with E-state index in [1.807, 2.05) is 0 Å². The maximum atomic E-state index is 12.4. The Hall–Kier alpha value is -2.44. The third kappa shape index (κ3) is 3.50. The summed E-state index contributed by atoms with van der Waals surface area (Å²) in [4.78, 5) is 26.2. The summed E-state index contributed by atoms with van der Waals surface area (Å²) in [7, 11) is 0. The van der Waals surface area contributed by atoms with Crippen molar-refractivity contribution in [2.75, 3.05) is 22.5 Å². The van der Waals surface area contributed by atoms with Crippen LogP contribution in [0.5, 0.6) is 5.75 Å². The number of para-hydroxylation sites is 2. The second-order valence-electron chi connectivity index (χ2n) is 5.55. The van der Waals surface area contributed by atoms with Crippen molar-refractivity contribution in [3.63, 3.8) is 0 Å². The van der Waals surface area contributed by atoms with Crippen LogP contribution < -0.4 is 20.7 Å². The number of carbonyl (C=O) groups is 2. The maximum absolute atomic E-state index is 12.4. The van der Waals surface area contributed by atoms with E-state index >= 15 is 0 Å². The molecule has 1 aliphatic rings. The first-order valence-corrected chi connectivity index (χ1v) is 8.24. The van der Waals surface area contributed by atoms with Crippen LogP contribution in [0, 0.1) is 0 Å². The van der Waals surface area contributed by atoms with E-state index in [1.54, 1.807) is 31.2 Å². The van der Waals surface area contributed by atoms with Gasteiger partial charge in [0.2, 0.25) is 5.91 Å². The minimum atomic E-state index is -0.664. The summed E-state index contributed by atoms with van der Waals surface area (Å²) in [5, 5.41) is 3.15. The number of hydrogen-bond acceptors (Lipinski definition) is 4. The van der Waals surface area contributed by atoms with E-state index in [0.717, 1.165) is 0 Å². The third-order valence-electron chi connectivity index (χ3n) is 3.74. The van der Waals surface area contributed by atoms with Gasteiger partial charge in [-0.2, -0.15) is 0 Å². The zero-order chi connectivity index (χ0) is 18.1. The number of benzene rings is 2. The lowest BCUT2D eigenvalue weighted by atomic mass is 10.2. The molecule has 3 N–H and O–H groups in total. The van der Waals surface area contributed by atoms with Crippen LogP contribution >= 0.6 is 23.2 Å². The molecule has 1 atom stereocenters. The zero-order valence-corrected chi connectivity index (χ0v) is 14.8. The fraction of sp³-hybridized carbons (Fsp3) is 0.176. The van der Waals surface area contributed by atoms with E-state index in [0.29, 0.717) is 17.1 Å². The van der Waals surface area contributed by atoms with Gasteiger partial charge in [-0.15, -0.1) is 0 Å². The number of rotatable bonds is 3. The molecule has 0 unspecified atom stereocenters. The van der Waals surface area contributed by atoms with Gasteiger partial charge in [0.25, 0.3) is 5.91 Å². The van der Waals surface area contributed by atoms with E-state index in [9.17, 15) is 9.59 Å². The number of nitrogens with zero attached hydrogens (tertiary/aromatic N) is 1. The van der Waals surface area contributed by atoms with Crippen LogP contribution in [0.1, 0.15) is 6.92 Å². The number of nitrogens with two attached hydrogens (primary N) is 1. The van der Waals surface area contributed by atoms with Crippen LogP contribution in [0.4, 0.5) is 17.1 Å². The molecule has 25 heavy (non-hydrogen) atoms. The highest BCUT2D eigenvalue weighted by molar-refractivity contribution is 6.39. The van der Waals surface area contributed by atoms with Gasteiger partial charge in [0.1, 0.15) is 12.3 Å². The fourth-order valence-corrected chi connectivity index (χ4v) is 3.01. The molecule has 1 heterocycles. The van der Waals surface area contributed by atoms with E-state index < -0.39 is 12.0 Å². The van der Waals surface area contributed by atoms with Crippen molar-refractivity contribution < 1.29 is 14.3 Å². The standard InChI is InChI=1S/C17H15Cl2N3O3/c1-9-17(24)22(13-4-2-3-5-14(13)25-9)8-15(23)21-10-6-11(18)16(20)12(19)7-10/h2-7,9H,8,20H2,1H3,(H,21,23)/t9-/m0/s1. The Labute approximate surface area is 154 Å². The van der Waals surface area contributed by atoms with Gasteiger partial charge in [-0.1, -0.05) is 35.3 Å². The largest absolute Gasteiger partial charge is 0.479 e. The topological polar surface area (TPSA) is 84.7 Å². The third-order valence-corrected chi connectivity index (χ3v) is 4.36. The highest BCUT2D eigenvalue weighted by Crippen LogP contribution is 2.34. The maximum Gasteiger partial charge on any atom is 0.268 e. The van der Waals surface area contributed by atoms with Crippen molar-refractivity contribution in [2.45, 2.75) is 13.0 Å². The molecule has 0 saturated heterocycles. The summed E-state index contributed by atoms with van der Waals surface area (Å²) in [6.07, 6.45) is -0.664. The van der Waals surface area contributed by atoms with Crippen LogP contribution in [0.15, 0.2) is 36.4 Å². The van der Waals surface area contributed by atoms with Crippen molar-refractivity contribution in [1.82, 2.24) is 0 Å². The monoisotopic (exact) mass is 379 g/mol. The smallest absolute Gasteiger partial charge is 0.268 e. The molecule has 1 aliphatic heterocycles. The first-order chi connectivity index (χ1) is 11.9. The van der Waals surface area contributed by atoms with Gasteiger partial charge in [-0.25, -0.2) is 0 Å². The molecule has 130 valence electrons. The number of halogens is 2. The number of hydrogen-bond donors (Lipinski definition) is 2. The number of nitrogens with one attached hydrogen (secondary N) is 1. The average Bonchev–Trinajstić information content (AvgIpc) is 2.56. The van der Waals surface area contributed by atoms with Gasteiger partial charge in [0.15, 0.2) is 6.10 Å². The summed E-state index contributed by atoms with van der Waals surface area (Å²) in [6.45, 7) is 1.48. The molecule has 0 aromatic heterocycles. The normalized spacial score (nSPS) is 16.2. The molecular formula is C17H15Cl2N3O3. The van der Waals surface area contributed by atoms with Gasteiger partial charge in [0.05, 0.1) is 21.4 Å². The Bertz CT molecular complexity index is 834. The Morgan fingerprint density at radius 1 is 1.28 bits per heavy atom. The van der Waals surface area contributed by atoms with Crippen molar-refractivity contribution in [1.29, 1.82) is 0 Å². The molecule has 0 radical (unpaired) electrons. The summed E-state index contributed by atoms with van der Waals surface area (Å²) >= 11 is 11.9. The quantitative estimate of drug-likeness (QED) is 0.800. The molecule has 2 amide bonds. The minimum absolute atomic E-state index is 0.164. The number of ether oxygens (including phenoxy) is 1. The zero-order valence-electron chi connectivity index (χ0n) is 13.3. The molecule has 0 bridgehead atoms. The van der Waals surface area contributed by atoms with Crippen LogP contribution in [-0.4, -0.2) is 24.5 Å². The molecule has 0 fully saturated rings. The van der Waals surface area contributed by atoms with Crippen molar-refractivity contribution in [3.8, 4) is 5.75 Å². The van der Waals surface area contributed by atoms with Gasteiger partial charge >= 0.3 is 0 Å². The summed E-state index contributed by atoms with van der Waals surface area (Å²) in [6, 6.07) is 10.1. The number of fused-ring (bicyclic) bond motifs is 1. The molecular weight excluding hydrogens is 365 g/mol. The number of nitrogen functional groups attached to an aromatic ring is 1. The summed E-state index contributed by atoms with van der Waals surface area (Å²) < 4.78 is 5.55. The predicted molar refractivity (Wildman–Crippen MR) is 98.4 cm³/mol. The van der Waals surface area contributed by atoms with Gasteiger partial charge in [0, 0.05) is 5.69 Å². The molecule has 2 aromatic rings. The van der Waals surface area contributed by atoms with Crippen molar-refractivity contribution in [2.24, 2.45) is 0 Å². The molecule has 8 heteroatoms. The van der Waals surface area contributed by atoms with Crippen LogP contribution in [0.2, 0.25) is 10.0 Å². The highest BCUT2D eigenvalue weighted by Gasteiger charge is 2.32. The van der Waals surface area contributed by atoms with Gasteiger partial charge in [-0.3, -0.25) is 14.5 Å². The Kier molecular flexibility index (Phi) is 4.74. The molecule has 0 saturated carbocycles. The Balaban J connectivity index is 1.80. The molecule has 6 nitrogen and oxygen atoms in total. The van der Waals surface area contributed by atoms with Crippen molar-refractivity contribution >= 4 is 52.1 Å². The Morgan fingerprint density at radius 3 is 2.60 bits per heavy atom. The SMILES string of the molecule is C[C@@H]1Oc2ccccc2N(CC(=O)Nc2cc(Cl)c(N)c(Cl)c2)C1=O. The van der Waals surface area contributed by atoms with Gasteiger partial charge < -0.3 is 15.8 Å². The first kappa shape index (κ1) is 17.4. The second kappa shape index (κ2) is 6.82. The Morgan fingerprint density at radius 2 is 1.92 bits per heavy atom. The lowest BCUT2D eigenvalue weighted by molar-refractivity contribution is -0.127. The van der Waals surface area contributed by atoms with Crippen molar-refractivity contribution in [3.05, 3.63) is 46.4 Å². The van der Waals surface area contributed by atoms with Crippen LogP contribution in [0.25, 0.3) is 0 Å². The summed E-state index contributed by atoms with van der Waals surface area (Å²) in [5.74, 6) is -0.127. The van der Waals surface area contributed by atoms with Crippen LogP contribution in [0.3, 0.4) is 0 Å². The molecule has 2 aromatic carbocycles. The van der Waals surface area contributed by atoms with E-state index in [2.05, 4.69) is 5.32 Å². The lowest BCUT2D eigenvalue weighted by Crippen LogP contribution is -2.47. The van der Waals surface area contributed by atoms with Crippen LogP contribution in [-0.2, 0) is 9.59 Å².